The van der Waals surface area contributed by atoms with Crippen molar-refractivity contribution in [3.05, 3.63) is 59.2 Å². The summed E-state index contributed by atoms with van der Waals surface area (Å²) in [6.07, 6.45) is 0. The zero-order chi connectivity index (χ0) is 20.0. The Balaban J connectivity index is 0.000000817. The van der Waals surface area contributed by atoms with Crippen LogP contribution in [-0.4, -0.2) is 22.5 Å². The van der Waals surface area contributed by atoms with E-state index in [9.17, 15) is 10.1 Å². The lowest BCUT2D eigenvalue weighted by Crippen LogP contribution is -2.07. The van der Waals surface area contributed by atoms with E-state index in [1.165, 1.54) is 6.92 Å². The molecule has 0 saturated heterocycles. The number of carboxylic acid groups (broad SMARTS) is 1. The van der Waals surface area contributed by atoms with E-state index < -0.39 is 0 Å². The first-order valence-corrected chi connectivity index (χ1v) is 8.18. The molecule has 0 atom stereocenters. The molecular formula is C21H19N3O3. The lowest BCUT2D eigenvalue weighted by Gasteiger charge is -2.14. The topological polar surface area (TPSA) is 103 Å². The second-order valence-electron chi connectivity index (χ2n) is 5.92. The molecule has 0 spiro atoms. The number of aromatic nitrogens is 1. The van der Waals surface area contributed by atoms with Crippen LogP contribution in [0.4, 0.5) is 5.69 Å². The minimum atomic E-state index is -0.250. The van der Waals surface area contributed by atoms with E-state index in [1.54, 1.807) is 6.07 Å². The molecule has 2 aromatic carbocycles. The van der Waals surface area contributed by atoms with Crippen LogP contribution in [0.15, 0.2) is 42.5 Å². The van der Waals surface area contributed by atoms with Crippen LogP contribution in [0, 0.1) is 25.2 Å². The molecule has 0 aliphatic heterocycles. The van der Waals surface area contributed by atoms with Gasteiger partial charge in [-0.15, -0.1) is 0 Å². The summed E-state index contributed by atoms with van der Waals surface area (Å²) in [4.78, 5) is 24.6. The number of rotatable bonds is 2. The van der Waals surface area contributed by atoms with Gasteiger partial charge in [-0.3, -0.25) is 9.59 Å². The van der Waals surface area contributed by atoms with Gasteiger partial charge in [0.25, 0.3) is 6.47 Å². The summed E-state index contributed by atoms with van der Waals surface area (Å²) in [6, 6.07) is 15.5. The van der Waals surface area contributed by atoms with Crippen LogP contribution < -0.4 is 5.32 Å². The van der Waals surface area contributed by atoms with Crippen LogP contribution in [0.25, 0.3) is 22.2 Å². The number of carbonyl (C=O) groups excluding carboxylic acids is 1. The molecule has 0 aliphatic rings. The Labute approximate surface area is 157 Å². The van der Waals surface area contributed by atoms with Crippen LogP contribution in [0.3, 0.4) is 0 Å². The van der Waals surface area contributed by atoms with Crippen LogP contribution in [-0.2, 0) is 9.59 Å². The van der Waals surface area contributed by atoms with Crippen LogP contribution >= 0.6 is 0 Å². The molecule has 0 bridgehead atoms. The van der Waals surface area contributed by atoms with Crippen molar-refractivity contribution in [3.8, 4) is 17.3 Å². The molecule has 1 amide bonds. The van der Waals surface area contributed by atoms with Gasteiger partial charge in [0.1, 0.15) is 0 Å². The highest BCUT2D eigenvalue weighted by atomic mass is 16.3. The van der Waals surface area contributed by atoms with Gasteiger partial charge in [-0.05, 0) is 43.2 Å². The monoisotopic (exact) mass is 361 g/mol. The van der Waals surface area contributed by atoms with Crippen molar-refractivity contribution in [1.29, 1.82) is 5.26 Å². The molecule has 2 N–H and O–H groups in total. The Morgan fingerprint density at radius 2 is 1.85 bits per heavy atom. The molecule has 6 heteroatoms. The Morgan fingerprint density at radius 1 is 1.19 bits per heavy atom. The third kappa shape index (κ3) is 4.28. The molecule has 3 rings (SSSR count). The number of anilines is 1. The second-order valence-corrected chi connectivity index (χ2v) is 5.92. The summed E-state index contributed by atoms with van der Waals surface area (Å²) < 4.78 is 0. The predicted octanol–water partition coefficient (Wildman–Crippen LogP) is 4.05. The van der Waals surface area contributed by atoms with E-state index in [1.807, 2.05) is 50.2 Å². The number of fused-ring (bicyclic) bond motifs is 1. The second kappa shape index (κ2) is 8.59. The Hall–Kier alpha value is -3.72. The number of nitrogens with zero attached hydrogens (tertiary/aromatic N) is 2. The average molecular weight is 361 g/mol. The fourth-order valence-corrected chi connectivity index (χ4v) is 2.90. The van der Waals surface area contributed by atoms with Crippen molar-refractivity contribution in [2.75, 3.05) is 5.32 Å². The molecule has 0 fully saturated rings. The number of nitrogens with one attached hydrogen (secondary N) is 1. The smallest absolute Gasteiger partial charge is 0.290 e. The molecular weight excluding hydrogens is 342 g/mol. The maximum Gasteiger partial charge on any atom is 0.290 e. The van der Waals surface area contributed by atoms with Gasteiger partial charge in [-0.25, -0.2) is 4.98 Å². The van der Waals surface area contributed by atoms with E-state index in [0.717, 1.165) is 39.0 Å². The van der Waals surface area contributed by atoms with Gasteiger partial charge >= 0.3 is 0 Å². The number of hydrogen-bond acceptors (Lipinski definition) is 4. The van der Waals surface area contributed by atoms with Crippen molar-refractivity contribution in [2.24, 2.45) is 0 Å². The fraction of sp³-hybridized carbons (Fsp3) is 0.143. The minimum absolute atomic E-state index is 0.113. The molecule has 27 heavy (non-hydrogen) atoms. The van der Waals surface area contributed by atoms with Gasteiger partial charge in [0.15, 0.2) is 0 Å². The van der Waals surface area contributed by atoms with Crippen LogP contribution in [0.2, 0.25) is 0 Å². The van der Waals surface area contributed by atoms with Crippen molar-refractivity contribution < 1.29 is 14.7 Å². The van der Waals surface area contributed by atoms with Gasteiger partial charge in [0, 0.05) is 17.9 Å². The molecule has 3 aromatic rings. The maximum atomic E-state index is 11.5. The Kier molecular flexibility index (Phi) is 6.23. The number of amides is 1. The lowest BCUT2D eigenvalue weighted by atomic mass is 9.99. The maximum absolute atomic E-state index is 11.5. The van der Waals surface area contributed by atoms with Crippen molar-refractivity contribution in [2.45, 2.75) is 20.8 Å². The van der Waals surface area contributed by atoms with Crippen LogP contribution in [0.1, 0.15) is 23.6 Å². The summed E-state index contributed by atoms with van der Waals surface area (Å²) in [5.74, 6) is -0.113. The zero-order valence-corrected chi connectivity index (χ0v) is 15.3. The van der Waals surface area contributed by atoms with E-state index in [0.29, 0.717) is 5.56 Å². The van der Waals surface area contributed by atoms with E-state index in [2.05, 4.69) is 11.4 Å². The van der Waals surface area contributed by atoms with Gasteiger partial charge in [0.05, 0.1) is 28.5 Å². The molecule has 1 aromatic heterocycles. The summed E-state index contributed by atoms with van der Waals surface area (Å²) in [6.45, 7) is 5.23. The van der Waals surface area contributed by atoms with Crippen molar-refractivity contribution in [1.82, 2.24) is 4.98 Å². The van der Waals surface area contributed by atoms with E-state index >= 15 is 0 Å². The van der Waals surface area contributed by atoms with Crippen molar-refractivity contribution >= 4 is 29.0 Å². The Morgan fingerprint density at radius 3 is 2.48 bits per heavy atom. The highest BCUT2D eigenvalue weighted by Crippen LogP contribution is 2.32. The summed E-state index contributed by atoms with van der Waals surface area (Å²) >= 11 is 0. The molecule has 1 heterocycles. The van der Waals surface area contributed by atoms with Gasteiger partial charge in [-0.2, -0.15) is 5.26 Å². The van der Waals surface area contributed by atoms with E-state index in [-0.39, 0.29) is 12.4 Å². The molecule has 0 aliphatic carbocycles. The third-order valence-electron chi connectivity index (χ3n) is 3.99. The first-order chi connectivity index (χ1) is 12.9. The molecule has 0 saturated carbocycles. The lowest BCUT2D eigenvalue weighted by molar-refractivity contribution is -0.123. The standard InChI is InChI=1S/C20H17N3O.CH2O2/c1-12-8-9-17(22-14(3)24)19-13(2)10-18(23-20(12)19)16-7-5-4-6-15(16)11-21;2-1-3/h4-10H,1-3H3,(H,22,24);1H,(H,2,3). The zero-order valence-electron chi connectivity index (χ0n) is 15.3. The molecule has 0 radical (unpaired) electrons. The molecule has 136 valence electrons. The number of hydrogen-bond donors (Lipinski definition) is 2. The third-order valence-corrected chi connectivity index (χ3v) is 3.99. The number of carbonyl (C=O) groups is 2. The average Bonchev–Trinajstić information content (AvgIpc) is 2.64. The highest BCUT2D eigenvalue weighted by molar-refractivity contribution is 6.03. The minimum Gasteiger partial charge on any atom is -0.483 e. The number of aryl methyl sites for hydroxylation is 2. The number of benzene rings is 2. The predicted molar refractivity (Wildman–Crippen MR) is 104 cm³/mol. The van der Waals surface area contributed by atoms with Gasteiger partial charge in [0.2, 0.25) is 5.91 Å². The SMILES string of the molecule is CC(=O)Nc1ccc(C)c2nc(-c3ccccc3C#N)cc(C)c12.O=CO. The number of pyridine rings is 1. The van der Waals surface area contributed by atoms with Gasteiger partial charge < -0.3 is 10.4 Å². The quantitative estimate of drug-likeness (QED) is 0.670. The van der Waals surface area contributed by atoms with Crippen molar-refractivity contribution in [3.63, 3.8) is 0 Å². The molecule has 6 nitrogen and oxygen atoms in total. The first-order valence-electron chi connectivity index (χ1n) is 8.18. The number of nitriles is 1. The van der Waals surface area contributed by atoms with Crippen LogP contribution in [0.5, 0.6) is 0 Å². The van der Waals surface area contributed by atoms with E-state index in [4.69, 9.17) is 14.9 Å². The summed E-state index contributed by atoms with van der Waals surface area (Å²) in [7, 11) is 0. The fourth-order valence-electron chi connectivity index (χ4n) is 2.90. The highest BCUT2D eigenvalue weighted by Gasteiger charge is 2.13. The normalized spacial score (nSPS) is 9.70. The first kappa shape index (κ1) is 19.6. The molecule has 0 unspecified atom stereocenters. The van der Waals surface area contributed by atoms with Gasteiger partial charge in [-0.1, -0.05) is 24.3 Å². The summed E-state index contributed by atoms with van der Waals surface area (Å²) in [5.41, 5.74) is 5.81. The summed E-state index contributed by atoms with van der Waals surface area (Å²) in [5, 5.41) is 20.0. The Bertz CT molecular complexity index is 1050. The largest absolute Gasteiger partial charge is 0.483 e.